The number of aliphatic hydroxyl groups excluding tert-OH is 1. The first kappa shape index (κ1) is 23.6. The third-order valence-corrected chi connectivity index (χ3v) is 6.97. The monoisotopic (exact) mass is 461 g/mol. The highest BCUT2D eigenvalue weighted by atomic mass is 32.2. The Morgan fingerprint density at radius 2 is 1.75 bits per heavy atom. The number of sulfonamides is 1. The van der Waals surface area contributed by atoms with Gasteiger partial charge in [-0.2, -0.15) is 0 Å². The Labute approximate surface area is 187 Å². The number of urea groups is 1. The van der Waals surface area contributed by atoms with E-state index in [-0.39, 0.29) is 17.1 Å². The van der Waals surface area contributed by atoms with Crippen LogP contribution in [0.4, 0.5) is 10.5 Å². The predicted molar refractivity (Wildman–Crippen MR) is 119 cm³/mol. The lowest BCUT2D eigenvalue weighted by atomic mass is 10.1. The Morgan fingerprint density at radius 3 is 2.31 bits per heavy atom. The number of aliphatic hydroxyl groups is 1. The molecule has 1 heterocycles. The van der Waals surface area contributed by atoms with Crippen molar-refractivity contribution >= 4 is 27.6 Å². The molecular weight excluding hydrogens is 434 g/mol. The molecule has 1 saturated heterocycles. The molecule has 3 amide bonds. The van der Waals surface area contributed by atoms with Gasteiger partial charge >= 0.3 is 6.03 Å². The molecule has 0 bridgehead atoms. The first-order valence-electron chi connectivity index (χ1n) is 10.0. The van der Waals surface area contributed by atoms with Crippen molar-refractivity contribution in [3.63, 3.8) is 0 Å². The van der Waals surface area contributed by atoms with Crippen LogP contribution < -0.4 is 14.4 Å². The number of aryl methyl sites for hydroxylation is 1. The summed E-state index contributed by atoms with van der Waals surface area (Å²) in [4.78, 5) is 25.6. The molecule has 32 heavy (non-hydrogen) atoms. The normalized spacial score (nSPS) is 16.6. The Balaban J connectivity index is 1.95. The second kappa shape index (κ2) is 8.79. The first-order chi connectivity index (χ1) is 15.0. The maximum Gasteiger partial charge on any atom is 0.325 e. The zero-order valence-corrected chi connectivity index (χ0v) is 19.2. The molecule has 1 aliphatic heterocycles. The third kappa shape index (κ3) is 4.56. The number of benzene rings is 2. The van der Waals surface area contributed by atoms with Crippen molar-refractivity contribution in [3.8, 4) is 5.75 Å². The Hall–Kier alpha value is -3.11. The van der Waals surface area contributed by atoms with Gasteiger partial charge < -0.3 is 15.2 Å². The second-order valence-corrected chi connectivity index (χ2v) is 10.0. The molecule has 1 atom stereocenters. The van der Waals surface area contributed by atoms with Crippen molar-refractivity contribution in [2.24, 2.45) is 0 Å². The van der Waals surface area contributed by atoms with Crippen LogP contribution in [0.25, 0.3) is 0 Å². The SMILES string of the molecule is COc1ccccc1N(C[C@H](O)CN1C(=O)NC(C)(C)C1=O)S(=O)(=O)c1ccc(C)cc1. The fourth-order valence-corrected chi connectivity index (χ4v) is 4.96. The molecule has 0 spiro atoms. The highest BCUT2D eigenvalue weighted by molar-refractivity contribution is 7.92. The number of β-amino-alcohol motifs (C(OH)–C–C–N with tert-alkyl or cyclic N) is 1. The van der Waals surface area contributed by atoms with Gasteiger partial charge in [-0.15, -0.1) is 0 Å². The highest BCUT2D eigenvalue weighted by Crippen LogP contribution is 2.32. The number of hydrogen-bond acceptors (Lipinski definition) is 6. The quantitative estimate of drug-likeness (QED) is 0.580. The Kier molecular flexibility index (Phi) is 6.47. The number of amides is 3. The van der Waals surface area contributed by atoms with Crippen LogP contribution in [0.3, 0.4) is 0 Å². The number of methoxy groups -OCH3 is 1. The van der Waals surface area contributed by atoms with E-state index in [0.29, 0.717) is 5.75 Å². The van der Waals surface area contributed by atoms with Crippen molar-refractivity contribution in [1.29, 1.82) is 0 Å². The standard InChI is InChI=1S/C22H27N3O6S/c1-15-9-11-17(12-10-15)32(29,30)25(18-7-5-6-8-19(18)31-4)14-16(26)13-24-20(27)22(2,3)23-21(24)28/h5-12,16,26H,13-14H2,1-4H3,(H,23,28)/t16-/m1/s1. The van der Waals surface area contributed by atoms with Gasteiger partial charge in [0.1, 0.15) is 11.3 Å². The number of ether oxygens (including phenoxy) is 1. The number of imide groups is 1. The topological polar surface area (TPSA) is 116 Å². The lowest BCUT2D eigenvalue weighted by Gasteiger charge is -2.29. The number of carbonyl (C=O) groups is 2. The van der Waals surface area contributed by atoms with Crippen molar-refractivity contribution in [2.75, 3.05) is 24.5 Å². The van der Waals surface area contributed by atoms with E-state index in [2.05, 4.69) is 5.32 Å². The number of para-hydroxylation sites is 2. The maximum absolute atomic E-state index is 13.5. The lowest BCUT2D eigenvalue weighted by Crippen LogP contribution is -2.45. The van der Waals surface area contributed by atoms with Crippen molar-refractivity contribution < 1.29 is 27.9 Å². The number of nitrogens with zero attached hydrogens (tertiary/aromatic N) is 2. The molecule has 0 aliphatic carbocycles. The molecule has 2 aromatic carbocycles. The van der Waals surface area contributed by atoms with Crippen LogP contribution >= 0.6 is 0 Å². The van der Waals surface area contributed by atoms with E-state index >= 15 is 0 Å². The van der Waals surface area contributed by atoms with E-state index in [1.807, 2.05) is 6.92 Å². The van der Waals surface area contributed by atoms with Gasteiger partial charge in [-0.1, -0.05) is 29.8 Å². The summed E-state index contributed by atoms with van der Waals surface area (Å²) in [7, 11) is -2.67. The van der Waals surface area contributed by atoms with Gasteiger partial charge in [-0.3, -0.25) is 14.0 Å². The van der Waals surface area contributed by atoms with Gasteiger partial charge in [-0.25, -0.2) is 13.2 Å². The summed E-state index contributed by atoms with van der Waals surface area (Å²) in [5.74, 6) is -0.196. The fourth-order valence-electron chi connectivity index (χ4n) is 3.44. The zero-order valence-electron chi connectivity index (χ0n) is 18.4. The summed E-state index contributed by atoms with van der Waals surface area (Å²) in [5, 5.41) is 13.3. The summed E-state index contributed by atoms with van der Waals surface area (Å²) < 4.78 is 33.4. The van der Waals surface area contributed by atoms with Crippen molar-refractivity contribution in [2.45, 2.75) is 37.3 Å². The summed E-state index contributed by atoms with van der Waals surface area (Å²) in [5.41, 5.74) is 0.0359. The largest absolute Gasteiger partial charge is 0.495 e. The maximum atomic E-state index is 13.5. The van der Waals surface area contributed by atoms with Crippen molar-refractivity contribution in [1.82, 2.24) is 10.2 Å². The van der Waals surface area contributed by atoms with Crippen LogP contribution in [0.1, 0.15) is 19.4 Å². The fraction of sp³-hybridized carbons (Fsp3) is 0.364. The van der Waals surface area contributed by atoms with Crippen LogP contribution in [0, 0.1) is 6.92 Å². The minimum Gasteiger partial charge on any atom is -0.495 e. The molecule has 3 rings (SSSR count). The van der Waals surface area contributed by atoms with Crippen molar-refractivity contribution in [3.05, 3.63) is 54.1 Å². The average Bonchev–Trinajstić information content (AvgIpc) is 2.93. The number of nitrogens with one attached hydrogen (secondary N) is 1. The Morgan fingerprint density at radius 1 is 1.12 bits per heavy atom. The third-order valence-electron chi connectivity index (χ3n) is 5.18. The minimum atomic E-state index is -4.09. The van der Waals surface area contributed by atoms with Gasteiger partial charge in [0.2, 0.25) is 0 Å². The molecule has 0 saturated carbocycles. The molecule has 0 unspecified atom stereocenters. The molecule has 2 aromatic rings. The van der Waals surface area contributed by atoms with Crippen LogP contribution in [-0.2, 0) is 14.8 Å². The van der Waals surface area contributed by atoms with E-state index in [9.17, 15) is 23.1 Å². The number of anilines is 1. The second-order valence-electron chi connectivity index (χ2n) is 8.15. The number of rotatable bonds is 8. The minimum absolute atomic E-state index is 0.0392. The number of carbonyl (C=O) groups excluding carboxylic acids is 2. The highest BCUT2D eigenvalue weighted by Gasteiger charge is 2.45. The zero-order chi connectivity index (χ0) is 23.7. The molecule has 10 heteroatoms. The summed E-state index contributed by atoms with van der Waals surface area (Å²) >= 11 is 0. The van der Waals surface area contributed by atoms with E-state index in [4.69, 9.17) is 4.74 Å². The lowest BCUT2D eigenvalue weighted by molar-refractivity contribution is -0.131. The van der Waals surface area contributed by atoms with Crippen LogP contribution in [0.2, 0.25) is 0 Å². The molecule has 1 fully saturated rings. The summed E-state index contributed by atoms with van der Waals surface area (Å²) in [6.07, 6.45) is -1.34. The summed E-state index contributed by atoms with van der Waals surface area (Å²) in [6, 6.07) is 12.2. The average molecular weight is 462 g/mol. The molecule has 0 radical (unpaired) electrons. The van der Waals surface area contributed by atoms with E-state index in [0.717, 1.165) is 14.8 Å². The van der Waals surface area contributed by atoms with E-state index in [1.165, 1.54) is 19.2 Å². The van der Waals surface area contributed by atoms with Gasteiger partial charge in [0.05, 0.1) is 36.9 Å². The van der Waals surface area contributed by atoms with Gasteiger partial charge in [0.25, 0.3) is 15.9 Å². The first-order valence-corrected chi connectivity index (χ1v) is 11.5. The molecule has 2 N–H and O–H groups in total. The molecule has 1 aliphatic rings. The van der Waals surface area contributed by atoms with E-state index in [1.54, 1.807) is 50.2 Å². The Bertz CT molecular complexity index is 1110. The van der Waals surface area contributed by atoms with Crippen LogP contribution in [0.5, 0.6) is 5.75 Å². The number of hydrogen-bond donors (Lipinski definition) is 2. The molecule has 172 valence electrons. The predicted octanol–water partition coefficient (Wildman–Crippen LogP) is 1.89. The van der Waals surface area contributed by atoms with Gasteiger partial charge in [0, 0.05) is 0 Å². The van der Waals surface area contributed by atoms with Gasteiger partial charge in [0.15, 0.2) is 0 Å². The van der Waals surface area contributed by atoms with Crippen LogP contribution in [0.15, 0.2) is 53.4 Å². The van der Waals surface area contributed by atoms with Gasteiger partial charge in [-0.05, 0) is 45.0 Å². The molecular formula is C22H27N3O6S. The summed E-state index contributed by atoms with van der Waals surface area (Å²) in [6.45, 7) is 4.21. The van der Waals surface area contributed by atoms with Crippen LogP contribution in [-0.4, -0.2) is 62.2 Å². The molecule has 0 aromatic heterocycles. The van der Waals surface area contributed by atoms with E-state index < -0.39 is 40.1 Å². The smallest absolute Gasteiger partial charge is 0.325 e. The molecule has 9 nitrogen and oxygen atoms in total.